The zero-order valence-electron chi connectivity index (χ0n) is 12.7. The second-order valence-electron chi connectivity index (χ2n) is 5.29. The van der Waals surface area contributed by atoms with Gasteiger partial charge in [0, 0.05) is 31.4 Å². The zero-order chi connectivity index (χ0) is 16.6. The molecule has 0 bridgehead atoms. The predicted octanol–water partition coefficient (Wildman–Crippen LogP) is 2.83. The van der Waals surface area contributed by atoms with Crippen LogP contribution in [0.25, 0.3) is 0 Å². The fourth-order valence-corrected chi connectivity index (χ4v) is 2.73. The number of nitro benzene ring substituents is 1. The number of carbonyl (C=O) groups is 1. The molecule has 0 radical (unpaired) electrons. The molecule has 0 fully saturated rings. The average molecular weight is 312 g/mol. The summed E-state index contributed by atoms with van der Waals surface area (Å²) in [5.41, 5.74) is 2.38. The van der Waals surface area contributed by atoms with E-state index in [9.17, 15) is 14.9 Å². The second kappa shape index (κ2) is 5.60. The highest BCUT2D eigenvalue weighted by Gasteiger charge is 2.31. The van der Waals surface area contributed by atoms with Gasteiger partial charge in [-0.3, -0.25) is 14.9 Å². The first-order valence-electron chi connectivity index (χ1n) is 7.11. The smallest absolute Gasteiger partial charge is 0.292 e. The van der Waals surface area contributed by atoms with Crippen LogP contribution in [-0.2, 0) is 0 Å². The lowest BCUT2D eigenvalue weighted by Gasteiger charge is -2.35. The number of rotatable bonds is 3. The average Bonchev–Trinajstić information content (AvgIpc) is 2.57. The normalized spacial score (nSPS) is 16.5. The summed E-state index contributed by atoms with van der Waals surface area (Å²) < 4.78 is 0. The lowest BCUT2D eigenvalue weighted by molar-refractivity contribution is -0.384. The summed E-state index contributed by atoms with van der Waals surface area (Å²) >= 11 is 0. The Balaban J connectivity index is 2.04. The van der Waals surface area contributed by atoms with Gasteiger partial charge in [0.05, 0.1) is 10.5 Å². The van der Waals surface area contributed by atoms with Crippen molar-refractivity contribution in [2.75, 3.05) is 24.7 Å². The molecule has 1 amide bonds. The Morgan fingerprint density at radius 3 is 2.70 bits per heavy atom. The Morgan fingerprint density at radius 1 is 1.26 bits per heavy atom. The zero-order valence-corrected chi connectivity index (χ0v) is 12.7. The topological polar surface area (TPSA) is 87.5 Å². The highest BCUT2D eigenvalue weighted by Crippen LogP contribution is 2.34. The first kappa shape index (κ1) is 14.8. The molecule has 2 N–H and O–H groups in total. The molecule has 0 spiro atoms. The van der Waals surface area contributed by atoms with Gasteiger partial charge < -0.3 is 15.5 Å². The van der Waals surface area contributed by atoms with Crippen molar-refractivity contribution in [3.05, 3.63) is 63.7 Å². The summed E-state index contributed by atoms with van der Waals surface area (Å²) in [6.07, 6.45) is -0.456. The molecule has 3 rings (SSSR count). The van der Waals surface area contributed by atoms with Gasteiger partial charge in [-0.15, -0.1) is 0 Å². The Bertz CT molecular complexity index is 791. The van der Waals surface area contributed by atoms with E-state index >= 15 is 0 Å². The van der Waals surface area contributed by atoms with E-state index in [1.54, 1.807) is 43.3 Å². The van der Waals surface area contributed by atoms with E-state index in [-0.39, 0.29) is 11.6 Å². The van der Waals surface area contributed by atoms with Gasteiger partial charge in [0.15, 0.2) is 0 Å². The number of benzene rings is 2. The van der Waals surface area contributed by atoms with Crippen molar-refractivity contribution in [1.82, 2.24) is 4.90 Å². The van der Waals surface area contributed by atoms with E-state index in [2.05, 4.69) is 10.6 Å². The summed E-state index contributed by atoms with van der Waals surface area (Å²) in [4.78, 5) is 24.8. The van der Waals surface area contributed by atoms with Crippen LogP contribution in [0, 0.1) is 10.1 Å². The van der Waals surface area contributed by atoms with Crippen molar-refractivity contribution in [3.8, 4) is 0 Å². The minimum absolute atomic E-state index is 0.0218. The van der Waals surface area contributed by atoms with Gasteiger partial charge in [-0.25, -0.2) is 0 Å². The molecule has 1 atom stereocenters. The molecule has 1 heterocycles. The maximum absolute atomic E-state index is 12.5. The molecule has 2 aromatic rings. The molecule has 1 aliphatic heterocycles. The molecular weight excluding hydrogens is 296 g/mol. The number of amides is 1. The molecule has 23 heavy (non-hydrogen) atoms. The van der Waals surface area contributed by atoms with Crippen LogP contribution in [0.2, 0.25) is 0 Å². The third-order valence-corrected chi connectivity index (χ3v) is 3.96. The van der Waals surface area contributed by atoms with Crippen LogP contribution in [0.5, 0.6) is 0 Å². The van der Waals surface area contributed by atoms with Crippen molar-refractivity contribution in [3.63, 3.8) is 0 Å². The first-order chi connectivity index (χ1) is 11.0. The van der Waals surface area contributed by atoms with Gasteiger partial charge in [0.2, 0.25) is 0 Å². The number of nitrogens with one attached hydrogen (secondary N) is 2. The van der Waals surface area contributed by atoms with Crippen molar-refractivity contribution in [2.24, 2.45) is 0 Å². The largest absolute Gasteiger partial charge is 0.383 e. The summed E-state index contributed by atoms with van der Waals surface area (Å²) in [5, 5.41) is 17.3. The molecule has 0 saturated carbocycles. The Morgan fingerprint density at radius 2 is 2.00 bits per heavy atom. The van der Waals surface area contributed by atoms with Crippen LogP contribution >= 0.6 is 0 Å². The molecule has 0 aromatic heterocycles. The number of carbonyl (C=O) groups excluding carboxylic acids is 1. The number of fused-ring (bicyclic) bond motifs is 1. The minimum Gasteiger partial charge on any atom is -0.383 e. The van der Waals surface area contributed by atoms with Crippen molar-refractivity contribution < 1.29 is 9.72 Å². The second-order valence-corrected chi connectivity index (χ2v) is 5.29. The molecule has 2 aromatic carbocycles. The maximum atomic E-state index is 12.5. The molecule has 0 aliphatic carbocycles. The fourth-order valence-electron chi connectivity index (χ4n) is 2.73. The van der Waals surface area contributed by atoms with Crippen LogP contribution in [0.1, 0.15) is 22.1 Å². The van der Waals surface area contributed by atoms with E-state index in [1.807, 2.05) is 12.1 Å². The van der Waals surface area contributed by atoms with E-state index in [4.69, 9.17) is 0 Å². The summed E-state index contributed by atoms with van der Waals surface area (Å²) in [7, 11) is 3.31. The standard InChI is InChI=1S/C16H16N4O3/c1-17-13-8-7-10(9-14(13)20(22)23)15-18-12-6-4-3-5-11(12)16(21)19(15)2/h3-9,15,17-18H,1-2H3/t15-/m0/s1. The highest BCUT2D eigenvalue weighted by molar-refractivity contribution is 6.01. The SMILES string of the molecule is CNc1ccc([C@H]2Nc3ccccc3C(=O)N2C)cc1[N+](=O)[O-]. The third-order valence-electron chi connectivity index (χ3n) is 3.96. The van der Waals surface area contributed by atoms with Crippen LogP contribution in [0.15, 0.2) is 42.5 Å². The molecule has 1 aliphatic rings. The quantitative estimate of drug-likeness (QED) is 0.672. The Labute approximate surface area is 133 Å². The van der Waals surface area contributed by atoms with E-state index in [0.717, 1.165) is 5.69 Å². The van der Waals surface area contributed by atoms with E-state index in [1.165, 1.54) is 6.07 Å². The number of hydrogen-bond acceptors (Lipinski definition) is 5. The molecule has 7 nitrogen and oxygen atoms in total. The van der Waals surface area contributed by atoms with Crippen LogP contribution < -0.4 is 10.6 Å². The predicted molar refractivity (Wildman–Crippen MR) is 87.5 cm³/mol. The monoisotopic (exact) mass is 312 g/mol. The number of hydrogen-bond donors (Lipinski definition) is 2. The third kappa shape index (κ3) is 2.46. The van der Waals surface area contributed by atoms with Crippen LogP contribution in [-0.4, -0.2) is 29.8 Å². The lowest BCUT2D eigenvalue weighted by atomic mass is 10.0. The van der Waals surface area contributed by atoms with Gasteiger partial charge in [-0.2, -0.15) is 0 Å². The van der Waals surface area contributed by atoms with Gasteiger partial charge in [0.1, 0.15) is 11.9 Å². The summed E-state index contributed by atoms with van der Waals surface area (Å²) in [6.45, 7) is 0. The molecule has 0 unspecified atom stereocenters. The number of anilines is 2. The van der Waals surface area contributed by atoms with E-state index in [0.29, 0.717) is 16.8 Å². The lowest BCUT2D eigenvalue weighted by Crippen LogP contribution is -2.40. The molecule has 0 saturated heterocycles. The molecule has 118 valence electrons. The first-order valence-corrected chi connectivity index (χ1v) is 7.11. The van der Waals surface area contributed by atoms with Gasteiger partial charge in [0.25, 0.3) is 11.6 Å². The number of nitrogens with zero attached hydrogens (tertiary/aromatic N) is 2. The summed E-state index contributed by atoms with van der Waals surface area (Å²) in [6, 6.07) is 12.1. The van der Waals surface area contributed by atoms with Crippen LogP contribution in [0.3, 0.4) is 0 Å². The van der Waals surface area contributed by atoms with Gasteiger partial charge >= 0.3 is 0 Å². The van der Waals surface area contributed by atoms with Crippen molar-refractivity contribution in [1.29, 1.82) is 0 Å². The number of para-hydroxylation sites is 1. The maximum Gasteiger partial charge on any atom is 0.292 e. The van der Waals surface area contributed by atoms with Crippen LogP contribution in [0.4, 0.5) is 17.1 Å². The van der Waals surface area contributed by atoms with E-state index < -0.39 is 11.1 Å². The summed E-state index contributed by atoms with van der Waals surface area (Å²) in [5.74, 6) is -0.121. The molecular formula is C16H16N4O3. The minimum atomic E-state index is -0.456. The Hall–Kier alpha value is -3.09. The number of nitro groups is 1. The highest BCUT2D eigenvalue weighted by atomic mass is 16.6. The van der Waals surface area contributed by atoms with Crippen molar-refractivity contribution >= 4 is 23.0 Å². The van der Waals surface area contributed by atoms with Crippen molar-refractivity contribution in [2.45, 2.75) is 6.17 Å². The fraction of sp³-hybridized carbons (Fsp3) is 0.188. The van der Waals surface area contributed by atoms with Gasteiger partial charge in [-0.05, 0) is 18.2 Å². The molecule has 7 heteroatoms. The Kier molecular flexibility index (Phi) is 3.61. The van der Waals surface area contributed by atoms with Gasteiger partial charge in [-0.1, -0.05) is 18.2 Å².